The molecule has 6 rings (SSSR count). The summed E-state index contributed by atoms with van der Waals surface area (Å²) in [4.78, 5) is 20.5. The van der Waals surface area contributed by atoms with Crippen LogP contribution in [-0.4, -0.2) is 42.9 Å². The van der Waals surface area contributed by atoms with Crippen LogP contribution in [0.3, 0.4) is 0 Å². The zero-order chi connectivity index (χ0) is 23.4. The average Bonchev–Trinajstić information content (AvgIpc) is 3.14. The standard InChI is InChI=1S/C23H31FN6O3/c1-4-17(31)33-10-15-18(24)20(26-16-5-12(2)29-30-16)28-21(25-15)27-19-14-6-13-7-22(19,3)11-23(32,8-13)9-14/h5,13-14,19,32H,4,6-11H2,1-3H3,(H3,25,26,27,28,29,30). The molecule has 33 heavy (non-hydrogen) atoms. The summed E-state index contributed by atoms with van der Waals surface area (Å²) >= 11 is 0. The van der Waals surface area contributed by atoms with Gasteiger partial charge in [0.2, 0.25) is 5.95 Å². The van der Waals surface area contributed by atoms with E-state index in [-0.39, 0.29) is 41.9 Å². The fourth-order valence-corrected chi connectivity index (χ4v) is 6.57. The first kappa shape index (κ1) is 22.1. The number of esters is 1. The first-order valence-electron chi connectivity index (χ1n) is 11.7. The number of carbonyl (C=O) groups excluding carboxylic acids is 1. The molecule has 4 aliphatic rings. The van der Waals surface area contributed by atoms with E-state index in [9.17, 15) is 9.90 Å². The first-order chi connectivity index (χ1) is 15.7. The van der Waals surface area contributed by atoms with E-state index in [0.29, 0.717) is 17.7 Å². The lowest BCUT2D eigenvalue weighted by Gasteiger charge is -2.63. The van der Waals surface area contributed by atoms with E-state index in [1.165, 1.54) is 0 Å². The molecule has 4 aliphatic carbocycles. The second-order valence-electron chi connectivity index (χ2n) is 10.4. The average molecular weight is 459 g/mol. The van der Waals surface area contributed by atoms with E-state index in [1.807, 2.05) is 6.92 Å². The smallest absolute Gasteiger partial charge is 0.305 e. The summed E-state index contributed by atoms with van der Waals surface area (Å²) in [6.07, 6.45) is 4.70. The summed E-state index contributed by atoms with van der Waals surface area (Å²) in [5.41, 5.74) is 0.156. The Morgan fingerprint density at radius 1 is 1.36 bits per heavy atom. The molecule has 4 bridgehead atoms. The SMILES string of the molecule is CCC(=O)OCc1nc(NC2C3CC4CC(O)(C3)CC2(C)C4)nc(Nc2cc(C)[nH]n2)c1F. The minimum Gasteiger partial charge on any atom is -0.459 e. The molecular formula is C23H31FN6O3. The number of aromatic nitrogens is 4. The third kappa shape index (κ3) is 4.16. The second-order valence-corrected chi connectivity index (χ2v) is 10.4. The molecule has 0 spiro atoms. The number of ether oxygens (including phenoxy) is 1. The molecule has 4 saturated carbocycles. The Labute approximate surface area is 191 Å². The van der Waals surface area contributed by atoms with Crippen molar-refractivity contribution < 1.29 is 19.0 Å². The number of nitrogens with one attached hydrogen (secondary N) is 3. The number of nitrogens with zero attached hydrogens (tertiary/aromatic N) is 3. The number of H-pyrrole nitrogens is 1. The van der Waals surface area contributed by atoms with Gasteiger partial charge in [-0.1, -0.05) is 13.8 Å². The van der Waals surface area contributed by atoms with Crippen LogP contribution < -0.4 is 10.6 Å². The molecule has 9 nitrogen and oxygen atoms in total. The van der Waals surface area contributed by atoms with Crippen molar-refractivity contribution in [1.29, 1.82) is 0 Å². The molecule has 0 saturated heterocycles. The monoisotopic (exact) mass is 458 g/mol. The van der Waals surface area contributed by atoms with Gasteiger partial charge in [0.15, 0.2) is 17.5 Å². The summed E-state index contributed by atoms with van der Waals surface area (Å²) in [5, 5.41) is 24.3. The largest absolute Gasteiger partial charge is 0.459 e. The molecule has 4 N–H and O–H groups in total. The van der Waals surface area contributed by atoms with Gasteiger partial charge >= 0.3 is 5.97 Å². The van der Waals surface area contributed by atoms with Gasteiger partial charge in [-0.3, -0.25) is 9.89 Å². The molecule has 2 aromatic heterocycles. The Balaban J connectivity index is 1.44. The van der Waals surface area contributed by atoms with Crippen LogP contribution in [0.25, 0.3) is 0 Å². The van der Waals surface area contributed by atoms with Crippen molar-refractivity contribution in [3.05, 3.63) is 23.3 Å². The zero-order valence-corrected chi connectivity index (χ0v) is 19.2. The van der Waals surface area contributed by atoms with Gasteiger partial charge in [-0.2, -0.15) is 10.1 Å². The van der Waals surface area contributed by atoms with E-state index in [0.717, 1.165) is 37.8 Å². The lowest BCUT2D eigenvalue weighted by molar-refractivity contribution is -0.163. The molecule has 4 fully saturated rings. The third-order valence-corrected chi connectivity index (χ3v) is 7.47. The van der Waals surface area contributed by atoms with Crippen molar-refractivity contribution in [3.8, 4) is 0 Å². The molecule has 0 aliphatic heterocycles. The molecule has 0 aromatic carbocycles. The maximum absolute atomic E-state index is 15.2. The number of halogens is 1. The molecule has 0 radical (unpaired) electrons. The predicted molar refractivity (Wildman–Crippen MR) is 119 cm³/mol. The van der Waals surface area contributed by atoms with Gasteiger partial charge in [-0.25, -0.2) is 9.37 Å². The number of aliphatic hydroxyl groups is 1. The molecule has 5 atom stereocenters. The van der Waals surface area contributed by atoms with Crippen molar-refractivity contribution in [2.24, 2.45) is 17.3 Å². The van der Waals surface area contributed by atoms with Gasteiger partial charge in [0.1, 0.15) is 12.3 Å². The summed E-state index contributed by atoms with van der Waals surface area (Å²) in [5.74, 6) is 0.410. The first-order valence-corrected chi connectivity index (χ1v) is 11.7. The van der Waals surface area contributed by atoms with Crippen molar-refractivity contribution in [2.75, 3.05) is 10.6 Å². The highest BCUT2D eigenvalue weighted by Gasteiger charge is 2.60. The topological polar surface area (TPSA) is 125 Å². The van der Waals surface area contributed by atoms with Gasteiger partial charge in [-0.15, -0.1) is 0 Å². The van der Waals surface area contributed by atoms with E-state index < -0.39 is 17.4 Å². The van der Waals surface area contributed by atoms with E-state index in [1.54, 1.807) is 13.0 Å². The molecule has 2 aromatic rings. The highest BCUT2D eigenvalue weighted by atomic mass is 19.1. The van der Waals surface area contributed by atoms with E-state index >= 15 is 4.39 Å². The van der Waals surface area contributed by atoms with Crippen LogP contribution in [0, 0.1) is 30.0 Å². The summed E-state index contributed by atoms with van der Waals surface area (Å²) in [6.45, 7) is 5.46. The lowest BCUT2D eigenvalue weighted by Crippen LogP contribution is -2.63. The maximum Gasteiger partial charge on any atom is 0.305 e. The number of hydrogen-bond donors (Lipinski definition) is 4. The number of carbonyl (C=O) groups is 1. The number of rotatable bonds is 7. The van der Waals surface area contributed by atoms with Gasteiger partial charge in [0.25, 0.3) is 0 Å². The van der Waals surface area contributed by atoms with Crippen LogP contribution in [0.1, 0.15) is 63.8 Å². The van der Waals surface area contributed by atoms with Gasteiger partial charge in [0.05, 0.1) is 5.60 Å². The number of hydrogen-bond acceptors (Lipinski definition) is 8. The number of aryl methyl sites for hydroxylation is 1. The summed E-state index contributed by atoms with van der Waals surface area (Å²) in [7, 11) is 0. The minimum atomic E-state index is -0.685. The Morgan fingerprint density at radius 3 is 2.85 bits per heavy atom. The van der Waals surface area contributed by atoms with Crippen LogP contribution in [0.5, 0.6) is 0 Å². The van der Waals surface area contributed by atoms with Crippen LogP contribution in [0.2, 0.25) is 0 Å². The maximum atomic E-state index is 15.2. The zero-order valence-electron chi connectivity index (χ0n) is 19.2. The molecule has 0 amide bonds. The van der Waals surface area contributed by atoms with Crippen LogP contribution in [-0.2, 0) is 16.1 Å². The predicted octanol–water partition coefficient (Wildman–Crippen LogP) is 3.59. The van der Waals surface area contributed by atoms with Gasteiger partial charge in [-0.05, 0) is 56.3 Å². The van der Waals surface area contributed by atoms with Crippen LogP contribution >= 0.6 is 0 Å². The Hall–Kier alpha value is -2.75. The molecule has 178 valence electrons. The molecule has 10 heteroatoms. The van der Waals surface area contributed by atoms with Gasteiger partial charge in [0, 0.05) is 24.2 Å². The Kier molecular flexibility index (Phi) is 5.30. The van der Waals surface area contributed by atoms with Crippen LogP contribution in [0.4, 0.5) is 22.0 Å². The Morgan fingerprint density at radius 2 is 2.18 bits per heavy atom. The van der Waals surface area contributed by atoms with E-state index in [2.05, 4.69) is 37.7 Å². The van der Waals surface area contributed by atoms with Gasteiger partial charge < -0.3 is 20.5 Å². The second kappa shape index (κ2) is 7.93. The van der Waals surface area contributed by atoms with Crippen molar-refractivity contribution >= 4 is 23.6 Å². The summed E-state index contributed by atoms with van der Waals surface area (Å²) in [6, 6.07) is 1.82. The highest BCUT2D eigenvalue weighted by Crippen LogP contribution is 2.61. The fraction of sp³-hybridized carbons (Fsp3) is 0.652. The number of aromatic amines is 1. The Bertz CT molecular complexity index is 1080. The quantitative estimate of drug-likeness (QED) is 0.464. The molecule has 5 unspecified atom stereocenters. The van der Waals surface area contributed by atoms with Crippen molar-refractivity contribution in [1.82, 2.24) is 20.2 Å². The minimum absolute atomic E-state index is 0.00310. The number of anilines is 3. The third-order valence-electron chi connectivity index (χ3n) is 7.47. The van der Waals surface area contributed by atoms with Crippen LogP contribution in [0.15, 0.2) is 6.07 Å². The molecule has 2 heterocycles. The molecular weight excluding hydrogens is 427 g/mol. The van der Waals surface area contributed by atoms with E-state index in [4.69, 9.17) is 4.74 Å². The van der Waals surface area contributed by atoms with Crippen molar-refractivity contribution in [3.63, 3.8) is 0 Å². The lowest BCUT2D eigenvalue weighted by atomic mass is 9.46. The highest BCUT2D eigenvalue weighted by molar-refractivity contribution is 5.68. The summed E-state index contributed by atoms with van der Waals surface area (Å²) < 4.78 is 20.4. The fourth-order valence-electron chi connectivity index (χ4n) is 6.57. The normalized spacial score (nSPS) is 32.1. The van der Waals surface area contributed by atoms with Crippen molar-refractivity contribution in [2.45, 2.75) is 77.5 Å².